The highest BCUT2D eigenvalue weighted by atomic mass is 19.4. The van der Waals surface area contributed by atoms with Crippen molar-refractivity contribution in [3.63, 3.8) is 0 Å². The van der Waals surface area contributed by atoms with Gasteiger partial charge in [0.2, 0.25) is 5.90 Å². The lowest BCUT2D eigenvalue weighted by molar-refractivity contribution is -0.149. The van der Waals surface area contributed by atoms with Gasteiger partial charge in [-0.3, -0.25) is 0 Å². The normalized spacial score (nSPS) is 18.5. The first-order valence-corrected chi connectivity index (χ1v) is 7.90. The van der Waals surface area contributed by atoms with E-state index in [9.17, 15) is 13.2 Å². The first kappa shape index (κ1) is 18.1. The fourth-order valence-electron chi connectivity index (χ4n) is 2.31. The summed E-state index contributed by atoms with van der Waals surface area (Å²) in [7, 11) is 0. The Hall–Kier alpha value is -1.00. The zero-order chi connectivity index (χ0) is 15.7. The molecule has 122 valence electrons. The molecule has 1 atom stereocenters. The molecule has 1 unspecified atom stereocenters. The van der Waals surface area contributed by atoms with Crippen LogP contribution < -0.4 is 0 Å². The van der Waals surface area contributed by atoms with Crippen molar-refractivity contribution < 1.29 is 17.9 Å². The summed E-state index contributed by atoms with van der Waals surface area (Å²) in [5.41, 5.74) is 0.590. The largest absolute Gasteiger partial charge is 0.475 e. The lowest BCUT2D eigenvalue weighted by atomic mass is 10.0. The molecule has 1 aliphatic rings. The van der Waals surface area contributed by atoms with E-state index >= 15 is 0 Å². The molecule has 0 aliphatic carbocycles. The Labute approximate surface area is 125 Å². The highest BCUT2D eigenvalue weighted by Crippen LogP contribution is 2.28. The highest BCUT2D eigenvalue weighted by Gasteiger charge is 2.43. The SMILES string of the molecule is C=C(CCCCCCCCCC)C1=NC(C(F)(F)F)CO1. The van der Waals surface area contributed by atoms with Gasteiger partial charge in [-0.1, -0.05) is 58.4 Å². The second kappa shape index (κ2) is 9.11. The van der Waals surface area contributed by atoms with E-state index in [1.54, 1.807) is 0 Å². The third-order valence-corrected chi connectivity index (χ3v) is 3.66. The molecule has 0 aromatic heterocycles. The number of hydrogen-bond donors (Lipinski definition) is 0. The molecule has 0 aromatic carbocycles. The van der Waals surface area contributed by atoms with Crippen molar-refractivity contribution in [3.05, 3.63) is 12.2 Å². The van der Waals surface area contributed by atoms with Crippen molar-refractivity contribution in [1.29, 1.82) is 0 Å². The fraction of sp³-hybridized carbons (Fsp3) is 0.812. The molecule has 1 heterocycles. The van der Waals surface area contributed by atoms with Crippen molar-refractivity contribution >= 4 is 5.90 Å². The molecule has 0 bridgehead atoms. The lowest BCUT2D eigenvalue weighted by Gasteiger charge is -2.08. The van der Waals surface area contributed by atoms with Gasteiger partial charge < -0.3 is 4.74 Å². The first-order valence-electron chi connectivity index (χ1n) is 7.90. The van der Waals surface area contributed by atoms with Gasteiger partial charge in [0, 0.05) is 5.57 Å². The number of aliphatic imine (C=N–C) groups is 1. The molecular weight excluding hydrogens is 279 g/mol. The standard InChI is InChI=1S/C16H26F3NO/c1-3-4-5-6-7-8-9-10-11-13(2)15-20-14(12-21-15)16(17,18)19/h14H,2-12H2,1H3. The van der Waals surface area contributed by atoms with E-state index in [1.165, 1.54) is 38.5 Å². The van der Waals surface area contributed by atoms with E-state index in [2.05, 4.69) is 18.5 Å². The molecule has 0 N–H and O–H groups in total. The maximum Gasteiger partial charge on any atom is 0.414 e. The summed E-state index contributed by atoms with van der Waals surface area (Å²) in [6.45, 7) is 5.58. The third kappa shape index (κ3) is 7.00. The minimum atomic E-state index is -4.32. The number of halogens is 3. The average molecular weight is 305 g/mol. The Morgan fingerprint density at radius 2 is 1.71 bits per heavy atom. The Kier molecular flexibility index (Phi) is 7.83. The molecule has 0 spiro atoms. The Morgan fingerprint density at radius 1 is 1.14 bits per heavy atom. The zero-order valence-corrected chi connectivity index (χ0v) is 12.8. The molecule has 5 heteroatoms. The average Bonchev–Trinajstić information content (AvgIpc) is 2.91. The molecule has 0 aromatic rings. The van der Waals surface area contributed by atoms with Crippen LogP contribution in [0.4, 0.5) is 13.2 Å². The van der Waals surface area contributed by atoms with E-state index < -0.39 is 18.8 Å². The van der Waals surface area contributed by atoms with Gasteiger partial charge in [0.05, 0.1) is 0 Å². The molecule has 0 saturated heterocycles. The van der Waals surface area contributed by atoms with Gasteiger partial charge in [0.1, 0.15) is 6.61 Å². The molecular formula is C16H26F3NO. The summed E-state index contributed by atoms with van der Waals surface area (Å²) < 4.78 is 42.4. The van der Waals surface area contributed by atoms with Crippen LogP contribution >= 0.6 is 0 Å². The van der Waals surface area contributed by atoms with Crippen LogP contribution in [0.5, 0.6) is 0 Å². The van der Waals surface area contributed by atoms with Crippen LogP contribution in [-0.2, 0) is 4.74 Å². The van der Waals surface area contributed by atoms with E-state index in [1.807, 2.05) is 0 Å². The number of ether oxygens (including phenoxy) is 1. The number of unbranched alkanes of at least 4 members (excludes halogenated alkanes) is 7. The highest BCUT2D eigenvalue weighted by molar-refractivity contribution is 5.93. The quantitative estimate of drug-likeness (QED) is 0.493. The number of alkyl halides is 3. The molecule has 0 amide bonds. The Bertz CT molecular complexity index is 350. The summed E-state index contributed by atoms with van der Waals surface area (Å²) in [6.07, 6.45) is 5.90. The molecule has 2 nitrogen and oxygen atoms in total. The van der Waals surface area contributed by atoms with Gasteiger partial charge in [-0.15, -0.1) is 0 Å². The maximum atomic E-state index is 12.5. The summed E-state index contributed by atoms with van der Waals surface area (Å²) in [6, 6.07) is -1.72. The Morgan fingerprint density at radius 3 is 2.24 bits per heavy atom. The number of hydrogen-bond acceptors (Lipinski definition) is 2. The second-order valence-corrected chi connectivity index (χ2v) is 5.63. The maximum absolute atomic E-state index is 12.5. The topological polar surface area (TPSA) is 21.6 Å². The van der Waals surface area contributed by atoms with Crippen molar-refractivity contribution in [3.8, 4) is 0 Å². The van der Waals surface area contributed by atoms with Gasteiger partial charge >= 0.3 is 6.18 Å². The minimum absolute atomic E-state index is 0.0975. The predicted octanol–water partition coefficient (Wildman–Crippen LogP) is 5.43. The first-order chi connectivity index (χ1) is 9.95. The van der Waals surface area contributed by atoms with Crippen LogP contribution in [0.3, 0.4) is 0 Å². The smallest absolute Gasteiger partial charge is 0.414 e. The third-order valence-electron chi connectivity index (χ3n) is 3.66. The van der Waals surface area contributed by atoms with Crippen LogP contribution in [0, 0.1) is 0 Å². The molecule has 0 saturated carbocycles. The van der Waals surface area contributed by atoms with Crippen LogP contribution in [-0.4, -0.2) is 24.7 Å². The van der Waals surface area contributed by atoms with Gasteiger partial charge in [-0.2, -0.15) is 13.2 Å². The summed E-state index contributed by atoms with van der Waals surface area (Å²) >= 11 is 0. The second-order valence-electron chi connectivity index (χ2n) is 5.63. The van der Waals surface area contributed by atoms with Gasteiger partial charge in [-0.05, 0) is 12.8 Å². The summed E-state index contributed by atoms with van der Waals surface area (Å²) in [4.78, 5) is 3.58. The van der Waals surface area contributed by atoms with Crippen molar-refractivity contribution in [2.45, 2.75) is 76.9 Å². The van der Waals surface area contributed by atoms with Crippen LogP contribution in [0.2, 0.25) is 0 Å². The predicted molar refractivity (Wildman–Crippen MR) is 79.6 cm³/mol. The Balaban J connectivity index is 2.12. The molecule has 0 radical (unpaired) electrons. The molecule has 0 fully saturated rings. The van der Waals surface area contributed by atoms with Crippen molar-refractivity contribution in [2.75, 3.05) is 6.61 Å². The van der Waals surface area contributed by atoms with E-state index in [0.717, 1.165) is 12.8 Å². The summed E-state index contributed by atoms with van der Waals surface area (Å²) in [5, 5.41) is 0. The monoisotopic (exact) mass is 305 g/mol. The van der Waals surface area contributed by atoms with Gasteiger partial charge in [0.15, 0.2) is 6.04 Å². The molecule has 21 heavy (non-hydrogen) atoms. The lowest BCUT2D eigenvalue weighted by Crippen LogP contribution is -2.27. The summed E-state index contributed by atoms with van der Waals surface area (Å²) in [5.74, 6) is 0.0975. The van der Waals surface area contributed by atoms with Gasteiger partial charge in [-0.25, -0.2) is 4.99 Å². The van der Waals surface area contributed by atoms with Crippen LogP contribution in [0.15, 0.2) is 17.1 Å². The van der Waals surface area contributed by atoms with E-state index in [-0.39, 0.29) is 5.90 Å². The van der Waals surface area contributed by atoms with Crippen LogP contribution in [0.25, 0.3) is 0 Å². The van der Waals surface area contributed by atoms with Crippen molar-refractivity contribution in [1.82, 2.24) is 0 Å². The number of nitrogens with zero attached hydrogens (tertiary/aromatic N) is 1. The molecule has 1 aliphatic heterocycles. The zero-order valence-electron chi connectivity index (χ0n) is 12.8. The van der Waals surface area contributed by atoms with Crippen molar-refractivity contribution in [2.24, 2.45) is 4.99 Å². The van der Waals surface area contributed by atoms with Gasteiger partial charge in [0.25, 0.3) is 0 Å². The molecule has 1 rings (SSSR count). The van der Waals surface area contributed by atoms with E-state index in [4.69, 9.17) is 4.74 Å². The number of rotatable bonds is 10. The fourth-order valence-corrected chi connectivity index (χ4v) is 2.31. The van der Waals surface area contributed by atoms with E-state index in [0.29, 0.717) is 12.0 Å². The van der Waals surface area contributed by atoms with Crippen LogP contribution in [0.1, 0.15) is 64.7 Å². The minimum Gasteiger partial charge on any atom is -0.475 e.